The Morgan fingerprint density at radius 1 is 1.07 bits per heavy atom. The lowest BCUT2D eigenvalue weighted by molar-refractivity contribution is -0.110. The summed E-state index contributed by atoms with van der Waals surface area (Å²) in [6.45, 7) is 0.620. The molecule has 0 fully saturated rings. The van der Waals surface area contributed by atoms with Gasteiger partial charge in [-0.2, -0.15) is 0 Å². The molecule has 1 aliphatic heterocycles. The van der Waals surface area contributed by atoms with Crippen LogP contribution >= 0.6 is 0 Å². The lowest BCUT2D eigenvalue weighted by Crippen LogP contribution is -2.07. The molecule has 5 nitrogen and oxygen atoms in total. The van der Waals surface area contributed by atoms with Gasteiger partial charge in [0.1, 0.15) is 5.82 Å². The lowest BCUT2D eigenvalue weighted by atomic mass is 10.1. The van der Waals surface area contributed by atoms with Gasteiger partial charge in [0, 0.05) is 42.1 Å². The van der Waals surface area contributed by atoms with Crippen molar-refractivity contribution in [2.75, 3.05) is 22.5 Å². The molecule has 0 spiro atoms. The molecular formula is C22H19FN4O. The second-order valence-corrected chi connectivity index (χ2v) is 6.43. The minimum absolute atomic E-state index is 0.177. The maximum absolute atomic E-state index is 14.4. The number of halogens is 1. The Labute approximate surface area is 162 Å². The van der Waals surface area contributed by atoms with Gasteiger partial charge in [0.25, 0.3) is 5.91 Å². The van der Waals surface area contributed by atoms with Crippen molar-refractivity contribution in [3.63, 3.8) is 0 Å². The number of para-hydroxylation sites is 1. The van der Waals surface area contributed by atoms with E-state index >= 15 is 0 Å². The van der Waals surface area contributed by atoms with E-state index in [2.05, 4.69) is 20.9 Å². The third-order valence-corrected chi connectivity index (χ3v) is 4.54. The van der Waals surface area contributed by atoms with Gasteiger partial charge in [-0.25, -0.2) is 4.39 Å². The Hall–Kier alpha value is -3.67. The van der Waals surface area contributed by atoms with Crippen LogP contribution in [0.15, 0.2) is 73.2 Å². The zero-order valence-electron chi connectivity index (χ0n) is 15.1. The van der Waals surface area contributed by atoms with Crippen molar-refractivity contribution in [3.05, 3.63) is 90.1 Å². The Morgan fingerprint density at radius 2 is 1.89 bits per heavy atom. The van der Waals surface area contributed by atoms with Crippen LogP contribution in [0.1, 0.15) is 11.1 Å². The van der Waals surface area contributed by atoms with Crippen molar-refractivity contribution in [1.29, 1.82) is 0 Å². The molecule has 0 atom stereocenters. The zero-order valence-corrected chi connectivity index (χ0v) is 15.1. The van der Waals surface area contributed by atoms with E-state index in [4.69, 9.17) is 0 Å². The van der Waals surface area contributed by atoms with E-state index < -0.39 is 0 Å². The minimum atomic E-state index is -0.352. The molecular weight excluding hydrogens is 355 g/mol. The summed E-state index contributed by atoms with van der Waals surface area (Å²) in [6.07, 6.45) is 5.87. The molecule has 3 aromatic rings. The number of fused-ring (bicyclic) bond motifs is 1. The zero-order chi connectivity index (χ0) is 19.3. The summed E-state index contributed by atoms with van der Waals surface area (Å²) in [5.74, 6) is -0.530. The molecule has 0 bridgehead atoms. The predicted molar refractivity (Wildman–Crippen MR) is 110 cm³/mol. The third kappa shape index (κ3) is 3.86. The topological polar surface area (TPSA) is 66.1 Å². The van der Waals surface area contributed by atoms with E-state index in [0.29, 0.717) is 23.5 Å². The van der Waals surface area contributed by atoms with Gasteiger partial charge >= 0.3 is 0 Å². The van der Waals surface area contributed by atoms with Crippen molar-refractivity contribution in [2.45, 2.75) is 6.42 Å². The molecule has 6 heteroatoms. The summed E-state index contributed by atoms with van der Waals surface area (Å²) in [7, 11) is 0. The van der Waals surface area contributed by atoms with Crippen molar-refractivity contribution >= 4 is 28.5 Å². The van der Waals surface area contributed by atoms with Crippen LogP contribution in [0.2, 0.25) is 0 Å². The first-order valence-corrected chi connectivity index (χ1v) is 9.00. The number of carbonyl (C=O) groups is 1. The third-order valence-electron chi connectivity index (χ3n) is 4.54. The summed E-state index contributed by atoms with van der Waals surface area (Å²) < 4.78 is 14.4. The predicted octanol–water partition coefficient (Wildman–Crippen LogP) is 4.28. The van der Waals surface area contributed by atoms with Gasteiger partial charge in [0.15, 0.2) is 0 Å². The number of amides is 1. The van der Waals surface area contributed by atoms with E-state index in [1.807, 2.05) is 36.4 Å². The summed E-state index contributed by atoms with van der Waals surface area (Å²) >= 11 is 0. The van der Waals surface area contributed by atoms with E-state index in [9.17, 15) is 9.18 Å². The number of hydrogen-bond acceptors (Lipinski definition) is 4. The number of aromatic nitrogens is 1. The van der Waals surface area contributed by atoms with Crippen molar-refractivity contribution in [1.82, 2.24) is 4.98 Å². The highest BCUT2D eigenvalue weighted by atomic mass is 19.1. The average Bonchev–Trinajstić information content (AvgIpc) is 3.04. The molecule has 140 valence electrons. The van der Waals surface area contributed by atoms with Crippen LogP contribution in [-0.2, 0) is 11.2 Å². The monoisotopic (exact) mass is 374 g/mol. The van der Waals surface area contributed by atoms with Crippen LogP contribution in [0.4, 0.5) is 21.5 Å². The second kappa shape index (κ2) is 7.92. The minimum Gasteiger partial charge on any atom is -0.382 e. The van der Waals surface area contributed by atoms with E-state index in [0.717, 1.165) is 23.2 Å². The molecule has 0 saturated heterocycles. The van der Waals surface area contributed by atoms with Crippen molar-refractivity contribution < 1.29 is 9.18 Å². The molecule has 1 aliphatic rings. The second-order valence-electron chi connectivity index (χ2n) is 6.43. The van der Waals surface area contributed by atoms with Gasteiger partial charge in [0.05, 0.1) is 11.3 Å². The maximum atomic E-state index is 14.4. The fraction of sp³-hybridized carbons (Fsp3) is 0.0909. The molecule has 0 radical (unpaired) electrons. The summed E-state index contributed by atoms with van der Waals surface area (Å²) in [5, 5.41) is 8.92. The number of pyridine rings is 1. The van der Waals surface area contributed by atoms with E-state index in [1.165, 1.54) is 6.07 Å². The van der Waals surface area contributed by atoms with Crippen LogP contribution in [0.3, 0.4) is 0 Å². The van der Waals surface area contributed by atoms with E-state index in [-0.39, 0.29) is 11.7 Å². The lowest BCUT2D eigenvalue weighted by Gasteiger charge is -2.09. The summed E-state index contributed by atoms with van der Waals surface area (Å²) in [6, 6.07) is 16.2. The first kappa shape index (κ1) is 17.7. The van der Waals surface area contributed by atoms with Crippen LogP contribution in [0.5, 0.6) is 0 Å². The maximum Gasteiger partial charge on any atom is 0.257 e. The van der Waals surface area contributed by atoms with Gasteiger partial charge in [0.2, 0.25) is 0 Å². The molecule has 1 amide bonds. The number of benzene rings is 2. The van der Waals surface area contributed by atoms with Crippen LogP contribution < -0.4 is 16.0 Å². The Kier molecular flexibility index (Phi) is 5.01. The highest BCUT2D eigenvalue weighted by molar-refractivity contribution is 6.31. The number of anilines is 3. The average molecular weight is 374 g/mol. The molecule has 1 aromatic heterocycles. The van der Waals surface area contributed by atoms with E-state index in [1.54, 1.807) is 30.7 Å². The van der Waals surface area contributed by atoms with Gasteiger partial charge < -0.3 is 16.0 Å². The van der Waals surface area contributed by atoms with Crippen molar-refractivity contribution in [3.8, 4) is 0 Å². The quantitative estimate of drug-likeness (QED) is 0.564. The largest absolute Gasteiger partial charge is 0.382 e. The first-order chi connectivity index (χ1) is 13.7. The number of carbonyl (C=O) groups excluding carboxylic acids is 1. The Morgan fingerprint density at radius 3 is 2.71 bits per heavy atom. The van der Waals surface area contributed by atoms with Crippen LogP contribution in [-0.4, -0.2) is 17.4 Å². The fourth-order valence-electron chi connectivity index (χ4n) is 3.08. The van der Waals surface area contributed by atoms with Crippen LogP contribution in [0, 0.1) is 5.82 Å². The molecule has 0 saturated carbocycles. The van der Waals surface area contributed by atoms with Gasteiger partial charge in [-0.05, 0) is 48.4 Å². The molecule has 3 N–H and O–H groups in total. The Bertz CT molecular complexity index is 1030. The molecule has 28 heavy (non-hydrogen) atoms. The molecule has 0 unspecified atom stereocenters. The highest BCUT2D eigenvalue weighted by Crippen LogP contribution is 2.31. The fourth-order valence-corrected chi connectivity index (χ4v) is 3.08. The van der Waals surface area contributed by atoms with Gasteiger partial charge in [-0.3, -0.25) is 9.78 Å². The molecule has 2 heterocycles. The number of nitrogens with zero attached hydrogens (tertiary/aromatic N) is 1. The molecule has 0 aliphatic carbocycles. The summed E-state index contributed by atoms with van der Waals surface area (Å²) in [4.78, 5) is 16.1. The molecule has 4 rings (SSSR count). The summed E-state index contributed by atoms with van der Waals surface area (Å²) in [5.41, 5.74) is 4.28. The van der Waals surface area contributed by atoms with Gasteiger partial charge in [-0.1, -0.05) is 18.2 Å². The number of nitrogens with one attached hydrogen (secondary N) is 3. The normalized spacial score (nSPS) is 13.9. The highest BCUT2D eigenvalue weighted by Gasteiger charge is 2.23. The SMILES string of the molecule is O=C1Nc2ccccc2/C1=C\Nc1ccc(NCCc2ccncc2)c(F)c1. The standard InChI is InChI=1S/C22H19FN4O/c23-19-13-16(5-6-21(19)25-12-9-15-7-10-24-11-8-15)26-14-18-17-3-1-2-4-20(17)27-22(18)28/h1-8,10-11,13-14,25-26H,9,12H2,(H,27,28)/b18-14+. The van der Waals surface area contributed by atoms with Gasteiger partial charge in [-0.15, -0.1) is 0 Å². The number of hydrogen-bond donors (Lipinski definition) is 3. The Balaban J connectivity index is 1.40. The number of rotatable bonds is 6. The smallest absolute Gasteiger partial charge is 0.257 e. The first-order valence-electron chi connectivity index (χ1n) is 9.00. The van der Waals surface area contributed by atoms with Crippen molar-refractivity contribution in [2.24, 2.45) is 0 Å². The van der Waals surface area contributed by atoms with Crippen LogP contribution in [0.25, 0.3) is 5.57 Å². The molecule has 2 aromatic carbocycles.